The van der Waals surface area contributed by atoms with Crippen molar-refractivity contribution in [3.05, 3.63) is 70.2 Å². The van der Waals surface area contributed by atoms with Crippen LogP contribution in [0.25, 0.3) is 0 Å². The van der Waals surface area contributed by atoms with Gasteiger partial charge in [0.15, 0.2) is 18.4 Å². The van der Waals surface area contributed by atoms with Crippen molar-refractivity contribution >= 4 is 33.8 Å². The molecule has 8 heteroatoms. The second kappa shape index (κ2) is 11.8. The van der Waals surface area contributed by atoms with Crippen LogP contribution in [0, 0.1) is 0 Å². The van der Waals surface area contributed by atoms with Crippen LogP contribution in [0.3, 0.4) is 0 Å². The van der Waals surface area contributed by atoms with E-state index in [-0.39, 0.29) is 12.4 Å². The number of Topliss-reactive ketones (excluding diaryl/α,β-unsaturated/α-hetero) is 1. The Labute approximate surface area is 196 Å². The molecule has 7 nitrogen and oxygen atoms in total. The molecule has 32 heavy (non-hydrogen) atoms. The number of hydrogen-bond donors (Lipinski definition) is 1. The highest BCUT2D eigenvalue weighted by Gasteiger charge is 2.31. The van der Waals surface area contributed by atoms with Crippen LogP contribution >= 0.6 is 15.9 Å². The predicted molar refractivity (Wildman–Crippen MR) is 123 cm³/mol. The number of ketones is 1. The Bertz CT molecular complexity index is 908. The Balaban J connectivity index is 2.03. The maximum absolute atomic E-state index is 12.8. The highest BCUT2D eigenvalue weighted by atomic mass is 79.9. The molecule has 0 unspecified atom stereocenters. The number of alkyl carbamates (subject to hydrolysis) is 1. The minimum Gasteiger partial charge on any atom is -0.456 e. The van der Waals surface area contributed by atoms with E-state index in [0.717, 1.165) is 10.0 Å². The third-order valence-corrected chi connectivity index (χ3v) is 4.79. The molecule has 0 fully saturated rings. The molecular formula is C24H28BrNO6. The largest absolute Gasteiger partial charge is 0.456 e. The first-order valence-corrected chi connectivity index (χ1v) is 10.9. The van der Waals surface area contributed by atoms with Crippen LogP contribution in [0.4, 0.5) is 4.79 Å². The van der Waals surface area contributed by atoms with E-state index in [1.54, 1.807) is 52.0 Å². The quantitative estimate of drug-likeness (QED) is 0.393. The molecule has 2 rings (SSSR count). The SMILES string of the molecule is C[C@@H](OCc1ccccc1)[C@H](NC(=O)OC(C)(C)C)C(=O)OCC(=O)c1ccc(Br)cc1. The lowest BCUT2D eigenvalue weighted by Gasteiger charge is -2.26. The summed E-state index contributed by atoms with van der Waals surface area (Å²) < 4.78 is 17.1. The summed E-state index contributed by atoms with van der Waals surface area (Å²) in [5.74, 6) is -1.15. The number of nitrogens with one attached hydrogen (secondary N) is 1. The number of rotatable bonds is 9. The van der Waals surface area contributed by atoms with E-state index in [9.17, 15) is 14.4 Å². The number of halogens is 1. The Hall–Kier alpha value is -2.71. The van der Waals surface area contributed by atoms with Crippen molar-refractivity contribution in [3.8, 4) is 0 Å². The summed E-state index contributed by atoms with van der Waals surface area (Å²) in [5, 5.41) is 2.50. The van der Waals surface area contributed by atoms with Crippen molar-refractivity contribution in [2.75, 3.05) is 6.61 Å². The molecule has 2 aromatic carbocycles. The molecule has 0 saturated carbocycles. The summed E-state index contributed by atoms with van der Waals surface area (Å²) in [4.78, 5) is 37.4. The molecule has 0 aliphatic rings. The minimum atomic E-state index is -1.16. The van der Waals surface area contributed by atoms with Crippen LogP contribution in [0.15, 0.2) is 59.1 Å². The van der Waals surface area contributed by atoms with Crippen molar-refractivity contribution in [1.82, 2.24) is 5.32 Å². The molecule has 2 atom stereocenters. The van der Waals surface area contributed by atoms with Crippen LogP contribution in [-0.4, -0.2) is 42.2 Å². The maximum atomic E-state index is 12.8. The van der Waals surface area contributed by atoms with Crippen molar-refractivity contribution in [2.24, 2.45) is 0 Å². The number of carbonyl (C=O) groups is 3. The molecule has 0 saturated heterocycles. The van der Waals surface area contributed by atoms with Gasteiger partial charge in [-0.05, 0) is 45.4 Å². The molecule has 0 aromatic heterocycles. The molecular weight excluding hydrogens is 478 g/mol. The third-order valence-electron chi connectivity index (χ3n) is 4.26. The van der Waals surface area contributed by atoms with Crippen LogP contribution in [0.5, 0.6) is 0 Å². The summed E-state index contributed by atoms with van der Waals surface area (Å²) in [6.45, 7) is 6.56. The zero-order valence-corrected chi connectivity index (χ0v) is 20.2. The van der Waals surface area contributed by atoms with E-state index in [1.807, 2.05) is 30.3 Å². The van der Waals surface area contributed by atoms with Gasteiger partial charge < -0.3 is 19.5 Å². The monoisotopic (exact) mass is 505 g/mol. The average Bonchev–Trinajstić information content (AvgIpc) is 2.74. The average molecular weight is 506 g/mol. The normalized spacial score (nSPS) is 13.0. The van der Waals surface area contributed by atoms with Crippen LogP contribution in [-0.2, 0) is 25.6 Å². The lowest BCUT2D eigenvalue weighted by Crippen LogP contribution is -2.51. The fraction of sp³-hybridized carbons (Fsp3) is 0.375. The standard InChI is InChI=1S/C24H28BrNO6/c1-16(30-14-17-8-6-5-7-9-17)21(26-23(29)32-24(2,3)4)22(28)31-15-20(27)18-10-12-19(25)13-11-18/h5-13,16,21H,14-15H2,1-4H3,(H,26,29)/t16-,21+/m1/s1. The second-order valence-corrected chi connectivity index (χ2v) is 9.08. The number of hydrogen-bond acceptors (Lipinski definition) is 6. The molecule has 172 valence electrons. The maximum Gasteiger partial charge on any atom is 0.408 e. The Morgan fingerprint density at radius 3 is 2.22 bits per heavy atom. The van der Waals surface area contributed by atoms with E-state index >= 15 is 0 Å². The van der Waals surface area contributed by atoms with Gasteiger partial charge in [-0.25, -0.2) is 9.59 Å². The van der Waals surface area contributed by atoms with Crippen LogP contribution in [0.1, 0.15) is 43.6 Å². The molecule has 0 bridgehead atoms. The number of benzene rings is 2. The van der Waals surface area contributed by atoms with E-state index < -0.39 is 36.4 Å². The fourth-order valence-electron chi connectivity index (χ4n) is 2.65. The van der Waals surface area contributed by atoms with E-state index in [4.69, 9.17) is 14.2 Å². The van der Waals surface area contributed by atoms with Crippen LogP contribution in [0.2, 0.25) is 0 Å². The zero-order chi connectivity index (χ0) is 23.7. The number of ether oxygens (including phenoxy) is 3. The van der Waals surface area contributed by atoms with Gasteiger partial charge in [0.05, 0.1) is 12.7 Å². The first-order valence-electron chi connectivity index (χ1n) is 10.2. The van der Waals surface area contributed by atoms with Gasteiger partial charge in [-0.1, -0.05) is 58.4 Å². The van der Waals surface area contributed by atoms with Crippen molar-refractivity contribution in [3.63, 3.8) is 0 Å². The second-order valence-electron chi connectivity index (χ2n) is 8.16. The smallest absolute Gasteiger partial charge is 0.408 e. The predicted octanol–water partition coefficient (Wildman–Crippen LogP) is 4.67. The first-order chi connectivity index (χ1) is 15.0. The van der Waals surface area contributed by atoms with Crippen molar-refractivity contribution < 1.29 is 28.6 Å². The van der Waals surface area contributed by atoms with Gasteiger partial charge in [0.2, 0.25) is 0 Å². The number of amides is 1. The lowest BCUT2D eigenvalue weighted by molar-refractivity contribution is -0.149. The van der Waals surface area contributed by atoms with Crippen LogP contribution < -0.4 is 5.32 Å². The topological polar surface area (TPSA) is 90.9 Å². The molecule has 0 spiro atoms. The number of esters is 1. The molecule has 1 amide bonds. The zero-order valence-electron chi connectivity index (χ0n) is 18.6. The Kier molecular flexibility index (Phi) is 9.41. The highest BCUT2D eigenvalue weighted by Crippen LogP contribution is 2.13. The summed E-state index contributed by atoms with van der Waals surface area (Å²) in [6, 6.07) is 15.0. The Morgan fingerprint density at radius 1 is 1.00 bits per heavy atom. The fourth-order valence-corrected chi connectivity index (χ4v) is 2.91. The molecule has 0 aliphatic carbocycles. The van der Waals surface area contributed by atoms with Gasteiger partial charge in [0.1, 0.15) is 5.60 Å². The first kappa shape index (κ1) is 25.5. The minimum absolute atomic E-state index is 0.236. The van der Waals surface area contributed by atoms with Gasteiger partial charge in [-0.3, -0.25) is 4.79 Å². The highest BCUT2D eigenvalue weighted by molar-refractivity contribution is 9.10. The Morgan fingerprint density at radius 2 is 1.62 bits per heavy atom. The third kappa shape index (κ3) is 8.80. The van der Waals surface area contributed by atoms with Gasteiger partial charge in [0.25, 0.3) is 0 Å². The molecule has 0 aliphatic heterocycles. The summed E-state index contributed by atoms with van der Waals surface area (Å²) in [7, 11) is 0. The molecule has 2 aromatic rings. The van der Waals surface area contributed by atoms with Gasteiger partial charge in [0, 0.05) is 10.0 Å². The van der Waals surface area contributed by atoms with E-state index in [1.165, 1.54) is 0 Å². The van der Waals surface area contributed by atoms with E-state index in [0.29, 0.717) is 5.56 Å². The van der Waals surface area contributed by atoms with E-state index in [2.05, 4.69) is 21.2 Å². The summed E-state index contributed by atoms with van der Waals surface area (Å²) in [6.07, 6.45) is -1.52. The van der Waals surface area contributed by atoms with Crippen molar-refractivity contribution in [1.29, 1.82) is 0 Å². The molecule has 0 radical (unpaired) electrons. The molecule has 0 heterocycles. The van der Waals surface area contributed by atoms with Crippen molar-refractivity contribution in [2.45, 2.75) is 52.0 Å². The molecule has 1 N–H and O–H groups in total. The van der Waals surface area contributed by atoms with Gasteiger partial charge in [-0.2, -0.15) is 0 Å². The van der Waals surface area contributed by atoms with Gasteiger partial charge in [-0.15, -0.1) is 0 Å². The number of carbonyl (C=O) groups excluding carboxylic acids is 3. The lowest BCUT2D eigenvalue weighted by atomic mass is 10.1. The summed E-state index contributed by atoms with van der Waals surface area (Å²) in [5.41, 5.74) is 0.574. The summed E-state index contributed by atoms with van der Waals surface area (Å²) >= 11 is 3.30. The van der Waals surface area contributed by atoms with Gasteiger partial charge >= 0.3 is 12.1 Å².